The molecule has 0 spiro atoms. The zero-order valence-electron chi connectivity index (χ0n) is 17.9. The van der Waals surface area contributed by atoms with E-state index in [-0.39, 0.29) is 11.0 Å². The van der Waals surface area contributed by atoms with E-state index in [0.717, 1.165) is 18.4 Å². The normalized spacial score (nSPS) is 40.0. The van der Waals surface area contributed by atoms with Crippen LogP contribution in [0.4, 0.5) is 0 Å². The lowest BCUT2D eigenvalue weighted by atomic mass is 9.45. The van der Waals surface area contributed by atoms with Gasteiger partial charge in [-0.1, -0.05) is 44.9 Å². The molecule has 2 saturated carbocycles. The maximum absolute atomic E-state index is 12.9. The van der Waals surface area contributed by atoms with Crippen LogP contribution in [0.2, 0.25) is 0 Å². The first kappa shape index (κ1) is 20.4. The molecule has 0 amide bonds. The SMILES string of the molecule is Cc1ccc(S(=O)(=O)N[C@@H]2C[C@@H]3[C@@]4(C)CCCC(C)(C)[C@@H]4CC[C@@]3(C)O2)cc1. The Kier molecular flexibility index (Phi) is 4.76. The molecule has 1 aliphatic heterocycles. The van der Waals surface area contributed by atoms with E-state index in [1.165, 1.54) is 25.7 Å². The molecule has 156 valence electrons. The van der Waals surface area contributed by atoms with E-state index in [1.807, 2.05) is 19.1 Å². The minimum Gasteiger partial charge on any atom is -0.356 e. The lowest BCUT2D eigenvalue weighted by Gasteiger charge is -2.60. The summed E-state index contributed by atoms with van der Waals surface area (Å²) in [5.74, 6) is 1.08. The Morgan fingerprint density at radius 2 is 1.68 bits per heavy atom. The molecule has 1 aromatic rings. The lowest BCUT2D eigenvalue weighted by molar-refractivity contribution is -0.155. The Hall–Kier alpha value is -0.910. The highest BCUT2D eigenvalue weighted by Gasteiger charge is 2.62. The molecule has 4 rings (SSSR count). The van der Waals surface area contributed by atoms with Crippen molar-refractivity contribution in [3.63, 3.8) is 0 Å². The zero-order chi connectivity index (χ0) is 20.4. The Bertz CT molecular complexity index is 847. The lowest BCUT2D eigenvalue weighted by Crippen LogP contribution is -2.55. The number of aryl methyl sites for hydroxylation is 1. The first-order valence-electron chi connectivity index (χ1n) is 10.7. The van der Waals surface area contributed by atoms with E-state index in [4.69, 9.17) is 4.74 Å². The largest absolute Gasteiger partial charge is 0.356 e. The first-order valence-corrected chi connectivity index (χ1v) is 12.2. The molecule has 3 fully saturated rings. The predicted molar refractivity (Wildman–Crippen MR) is 111 cm³/mol. The van der Waals surface area contributed by atoms with Gasteiger partial charge in [0.2, 0.25) is 10.0 Å². The van der Waals surface area contributed by atoms with Crippen LogP contribution in [-0.2, 0) is 14.8 Å². The van der Waals surface area contributed by atoms with Crippen molar-refractivity contribution in [1.29, 1.82) is 0 Å². The number of ether oxygens (including phenoxy) is 1. The Morgan fingerprint density at radius 1 is 1.00 bits per heavy atom. The van der Waals surface area contributed by atoms with Gasteiger partial charge in [-0.2, -0.15) is 4.72 Å². The highest BCUT2D eigenvalue weighted by atomic mass is 32.2. The van der Waals surface area contributed by atoms with Crippen molar-refractivity contribution in [3.8, 4) is 0 Å². The van der Waals surface area contributed by atoms with Gasteiger partial charge < -0.3 is 4.74 Å². The highest BCUT2D eigenvalue weighted by Crippen LogP contribution is 2.65. The molecule has 28 heavy (non-hydrogen) atoms. The fourth-order valence-corrected chi connectivity index (χ4v) is 8.00. The van der Waals surface area contributed by atoms with Gasteiger partial charge in [0.1, 0.15) is 6.23 Å². The van der Waals surface area contributed by atoms with Gasteiger partial charge in [-0.3, -0.25) is 0 Å². The second-order valence-corrected chi connectivity index (χ2v) is 12.3. The van der Waals surface area contributed by atoms with Gasteiger partial charge in [0.25, 0.3) is 0 Å². The summed E-state index contributed by atoms with van der Waals surface area (Å²) in [4.78, 5) is 0.310. The summed E-state index contributed by atoms with van der Waals surface area (Å²) in [6.07, 6.45) is 6.29. The van der Waals surface area contributed by atoms with Gasteiger partial charge in [0.15, 0.2) is 0 Å². The fourth-order valence-electron chi connectivity index (χ4n) is 6.88. The van der Waals surface area contributed by atoms with Crippen LogP contribution in [0.3, 0.4) is 0 Å². The molecular formula is C23H35NO3S. The van der Waals surface area contributed by atoms with Gasteiger partial charge in [0, 0.05) is 0 Å². The van der Waals surface area contributed by atoms with E-state index in [9.17, 15) is 8.42 Å². The summed E-state index contributed by atoms with van der Waals surface area (Å²) < 4.78 is 35.0. The maximum Gasteiger partial charge on any atom is 0.242 e. The van der Waals surface area contributed by atoms with E-state index in [1.54, 1.807) is 12.1 Å². The van der Waals surface area contributed by atoms with Gasteiger partial charge in [-0.25, -0.2) is 8.42 Å². The van der Waals surface area contributed by atoms with Crippen molar-refractivity contribution in [3.05, 3.63) is 29.8 Å². The molecule has 0 radical (unpaired) electrons. The Morgan fingerprint density at radius 3 is 2.36 bits per heavy atom. The van der Waals surface area contributed by atoms with Crippen LogP contribution in [0.25, 0.3) is 0 Å². The Balaban J connectivity index is 1.57. The van der Waals surface area contributed by atoms with Crippen LogP contribution < -0.4 is 4.72 Å². The number of benzene rings is 1. The Labute approximate surface area is 170 Å². The van der Waals surface area contributed by atoms with Gasteiger partial charge in [-0.05, 0) is 80.8 Å². The van der Waals surface area contributed by atoms with Crippen LogP contribution in [0.1, 0.15) is 71.8 Å². The number of nitrogens with one attached hydrogen (secondary N) is 1. The quantitative estimate of drug-likeness (QED) is 0.768. The second kappa shape index (κ2) is 6.55. The molecule has 5 atom stereocenters. The molecule has 0 aromatic heterocycles. The second-order valence-electron chi connectivity index (χ2n) is 10.6. The number of rotatable bonds is 3. The number of sulfonamides is 1. The van der Waals surface area contributed by atoms with Gasteiger partial charge >= 0.3 is 0 Å². The van der Waals surface area contributed by atoms with E-state index >= 15 is 0 Å². The molecule has 1 heterocycles. The molecule has 0 bridgehead atoms. The molecule has 0 unspecified atom stereocenters. The molecule has 2 aliphatic carbocycles. The third-order valence-electron chi connectivity index (χ3n) is 8.22. The molecule has 4 nitrogen and oxygen atoms in total. The topological polar surface area (TPSA) is 55.4 Å². The van der Waals surface area contributed by atoms with Crippen LogP contribution in [0, 0.1) is 29.6 Å². The minimum absolute atomic E-state index is 0.221. The smallest absolute Gasteiger partial charge is 0.242 e. The molecule has 1 aromatic carbocycles. The van der Waals surface area contributed by atoms with Gasteiger partial charge in [0.05, 0.1) is 10.5 Å². The van der Waals surface area contributed by atoms with Crippen molar-refractivity contribution in [2.75, 3.05) is 0 Å². The summed E-state index contributed by atoms with van der Waals surface area (Å²) in [7, 11) is -3.58. The van der Waals surface area contributed by atoms with Crippen LogP contribution in [-0.4, -0.2) is 20.2 Å². The summed E-state index contributed by atoms with van der Waals surface area (Å²) in [5.41, 5.74) is 1.39. The van der Waals surface area contributed by atoms with E-state index in [0.29, 0.717) is 22.1 Å². The molecule has 1 saturated heterocycles. The number of fused-ring (bicyclic) bond motifs is 3. The average Bonchev–Trinajstić information content (AvgIpc) is 2.91. The monoisotopic (exact) mass is 405 g/mol. The molecule has 5 heteroatoms. The molecule has 1 N–H and O–H groups in total. The van der Waals surface area contributed by atoms with Crippen LogP contribution >= 0.6 is 0 Å². The maximum atomic E-state index is 12.9. The van der Waals surface area contributed by atoms with Crippen molar-refractivity contribution < 1.29 is 13.2 Å². The standard InChI is InChI=1S/C23H35NO3S/c1-16-7-9-17(10-8-16)28(25,26)24-20-15-19-22(4)13-6-12-21(2,3)18(22)11-14-23(19,5)27-20/h7-10,18-20,24H,6,11-15H2,1-5H3/t18-,19+,20-,22-,23+/m0/s1. The van der Waals surface area contributed by atoms with E-state index < -0.39 is 16.3 Å². The predicted octanol–water partition coefficient (Wildman–Crippen LogP) is 5.02. The van der Waals surface area contributed by atoms with Crippen molar-refractivity contribution in [2.24, 2.45) is 22.7 Å². The van der Waals surface area contributed by atoms with Crippen LogP contribution in [0.5, 0.6) is 0 Å². The summed E-state index contributed by atoms with van der Waals surface area (Å²) in [5, 5.41) is 0. The first-order chi connectivity index (χ1) is 13.0. The van der Waals surface area contributed by atoms with Crippen molar-refractivity contribution >= 4 is 10.0 Å². The summed E-state index contributed by atoms with van der Waals surface area (Å²) in [6, 6.07) is 7.01. The third kappa shape index (κ3) is 3.23. The summed E-state index contributed by atoms with van der Waals surface area (Å²) in [6.45, 7) is 11.5. The van der Waals surface area contributed by atoms with Crippen molar-refractivity contribution in [1.82, 2.24) is 4.72 Å². The van der Waals surface area contributed by atoms with Crippen molar-refractivity contribution in [2.45, 2.75) is 89.9 Å². The van der Waals surface area contributed by atoms with Crippen LogP contribution in [0.15, 0.2) is 29.2 Å². The average molecular weight is 406 g/mol. The molecular weight excluding hydrogens is 370 g/mol. The number of hydrogen-bond acceptors (Lipinski definition) is 3. The third-order valence-corrected chi connectivity index (χ3v) is 9.68. The zero-order valence-corrected chi connectivity index (χ0v) is 18.7. The highest BCUT2D eigenvalue weighted by molar-refractivity contribution is 7.89. The minimum atomic E-state index is -3.58. The number of hydrogen-bond donors (Lipinski definition) is 1. The summed E-state index contributed by atoms with van der Waals surface area (Å²) >= 11 is 0. The van der Waals surface area contributed by atoms with E-state index in [2.05, 4.69) is 32.4 Å². The fraction of sp³-hybridized carbons (Fsp3) is 0.739. The molecule has 3 aliphatic rings. The van der Waals surface area contributed by atoms with Gasteiger partial charge in [-0.15, -0.1) is 0 Å².